The number of fused-ring (bicyclic) bond motifs is 1. The van der Waals surface area contributed by atoms with Crippen molar-refractivity contribution in [2.45, 2.75) is 6.42 Å². The van der Waals surface area contributed by atoms with E-state index >= 15 is 0 Å². The average Bonchev–Trinajstić information content (AvgIpc) is 2.83. The summed E-state index contributed by atoms with van der Waals surface area (Å²) >= 11 is 0. The first-order valence-corrected chi connectivity index (χ1v) is 5.93. The van der Waals surface area contributed by atoms with Crippen LogP contribution in [0.3, 0.4) is 0 Å². The van der Waals surface area contributed by atoms with Crippen LogP contribution in [0.2, 0.25) is 0 Å². The molecule has 2 aromatic heterocycles. The van der Waals surface area contributed by atoms with Gasteiger partial charge in [0.05, 0.1) is 12.5 Å². The van der Waals surface area contributed by atoms with Gasteiger partial charge in [0, 0.05) is 47.3 Å². The van der Waals surface area contributed by atoms with E-state index in [1.807, 2.05) is 29.0 Å². The maximum atomic E-state index is 11.1. The average molecular weight is 249 g/mol. The van der Waals surface area contributed by atoms with Gasteiger partial charge < -0.3 is 9.55 Å². The van der Waals surface area contributed by atoms with Crippen LogP contribution in [0.15, 0.2) is 53.7 Å². The molecule has 0 fully saturated rings. The van der Waals surface area contributed by atoms with E-state index < -0.39 is 0 Å². The summed E-state index contributed by atoms with van der Waals surface area (Å²) in [6.45, 7) is 0. The molecular weight excluding hydrogens is 238 g/mol. The molecule has 0 amide bonds. The van der Waals surface area contributed by atoms with Crippen molar-refractivity contribution >= 4 is 10.9 Å². The highest BCUT2D eigenvalue weighted by Crippen LogP contribution is 2.21. The van der Waals surface area contributed by atoms with E-state index in [0.29, 0.717) is 6.42 Å². The molecule has 0 aliphatic rings. The van der Waals surface area contributed by atoms with E-state index in [-0.39, 0.29) is 5.43 Å². The second-order valence-electron chi connectivity index (χ2n) is 4.32. The Morgan fingerprint density at radius 3 is 2.74 bits per heavy atom. The lowest BCUT2D eigenvalue weighted by molar-refractivity contribution is 1.04. The zero-order valence-corrected chi connectivity index (χ0v) is 10.1. The van der Waals surface area contributed by atoms with E-state index in [4.69, 9.17) is 5.26 Å². The topological polar surface area (TPSA) is 61.6 Å². The number of nitrogens with one attached hydrogen (secondary N) is 1. The number of aromatic amines is 1. The molecule has 0 radical (unpaired) electrons. The molecule has 0 saturated carbocycles. The molecule has 0 atom stereocenters. The van der Waals surface area contributed by atoms with Gasteiger partial charge in [-0.25, -0.2) is 0 Å². The van der Waals surface area contributed by atoms with Crippen LogP contribution in [0.4, 0.5) is 0 Å². The molecule has 3 rings (SSSR count). The Labute approximate surface area is 109 Å². The van der Waals surface area contributed by atoms with Gasteiger partial charge in [0.1, 0.15) is 0 Å². The summed E-state index contributed by atoms with van der Waals surface area (Å²) in [5.41, 5.74) is 2.95. The molecule has 0 bridgehead atoms. The monoisotopic (exact) mass is 249 g/mol. The van der Waals surface area contributed by atoms with Crippen LogP contribution in [0.25, 0.3) is 16.6 Å². The van der Waals surface area contributed by atoms with Crippen molar-refractivity contribution in [2.24, 2.45) is 0 Å². The fraction of sp³-hybridized carbons (Fsp3) is 0.0667. The van der Waals surface area contributed by atoms with Gasteiger partial charge in [-0.2, -0.15) is 5.26 Å². The molecule has 0 aliphatic heterocycles. The highest BCUT2D eigenvalue weighted by atomic mass is 16.1. The van der Waals surface area contributed by atoms with Gasteiger partial charge in [0.15, 0.2) is 5.43 Å². The number of nitrogens with zero attached hydrogens (tertiary/aromatic N) is 2. The van der Waals surface area contributed by atoms with Crippen LogP contribution in [0.5, 0.6) is 0 Å². The Bertz CT molecular complexity index is 816. The van der Waals surface area contributed by atoms with Gasteiger partial charge in [0.25, 0.3) is 0 Å². The van der Waals surface area contributed by atoms with Gasteiger partial charge >= 0.3 is 0 Å². The Kier molecular flexibility index (Phi) is 2.66. The third-order valence-electron chi connectivity index (χ3n) is 3.12. The Morgan fingerprint density at radius 2 is 2.00 bits per heavy atom. The first-order chi connectivity index (χ1) is 9.28. The molecule has 0 aliphatic carbocycles. The number of nitriles is 1. The van der Waals surface area contributed by atoms with Gasteiger partial charge in [0.2, 0.25) is 0 Å². The quantitative estimate of drug-likeness (QED) is 0.758. The lowest BCUT2D eigenvalue weighted by Crippen LogP contribution is -2.01. The minimum Gasteiger partial charge on any atom is -0.361 e. The summed E-state index contributed by atoms with van der Waals surface area (Å²) in [5, 5.41) is 9.85. The van der Waals surface area contributed by atoms with E-state index in [1.165, 1.54) is 12.1 Å². The number of hydrogen-bond donors (Lipinski definition) is 1. The number of H-pyrrole nitrogens is 1. The summed E-state index contributed by atoms with van der Waals surface area (Å²) in [7, 11) is 0. The predicted molar refractivity (Wildman–Crippen MR) is 73.2 cm³/mol. The smallest absolute Gasteiger partial charge is 0.181 e. The SMILES string of the molecule is N#CCc1c[nH]c2ccc(-n3ccc(=O)cc3)cc12. The number of benzene rings is 1. The van der Waals surface area contributed by atoms with Gasteiger partial charge in [-0.15, -0.1) is 0 Å². The number of hydrogen-bond acceptors (Lipinski definition) is 2. The lowest BCUT2D eigenvalue weighted by atomic mass is 10.1. The molecule has 1 aromatic carbocycles. The summed E-state index contributed by atoms with van der Waals surface area (Å²) < 4.78 is 1.88. The standard InChI is InChI=1S/C15H11N3O/c16-6-3-11-10-17-15-2-1-12(9-14(11)15)18-7-4-13(19)5-8-18/h1-2,4-5,7-10,17H,3H2. The van der Waals surface area contributed by atoms with Gasteiger partial charge in [-0.3, -0.25) is 4.79 Å². The van der Waals surface area contributed by atoms with Crippen LogP contribution in [0, 0.1) is 11.3 Å². The van der Waals surface area contributed by atoms with Crippen LogP contribution in [-0.2, 0) is 6.42 Å². The fourth-order valence-electron chi connectivity index (χ4n) is 2.14. The predicted octanol–water partition coefficient (Wildman–Crippen LogP) is 2.38. The summed E-state index contributed by atoms with van der Waals surface area (Å²) in [5.74, 6) is 0. The van der Waals surface area contributed by atoms with E-state index in [0.717, 1.165) is 22.2 Å². The molecule has 19 heavy (non-hydrogen) atoms. The minimum absolute atomic E-state index is 0.0101. The van der Waals surface area contributed by atoms with Crippen molar-refractivity contribution in [1.29, 1.82) is 5.26 Å². The second kappa shape index (κ2) is 4.46. The Balaban J connectivity index is 2.15. The van der Waals surface area contributed by atoms with Crippen molar-refractivity contribution < 1.29 is 0 Å². The minimum atomic E-state index is -0.0101. The molecule has 92 valence electrons. The Hall–Kier alpha value is -2.80. The maximum absolute atomic E-state index is 11.1. The Morgan fingerprint density at radius 1 is 1.21 bits per heavy atom. The van der Waals surface area contributed by atoms with Gasteiger partial charge in [-0.05, 0) is 23.8 Å². The molecule has 0 saturated heterocycles. The number of rotatable bonds is 2. The zero-order valence-electron chi connectivity index (χ0n) is 10.1. The van der Waals surface area contributed by atoms with Crippen LogP contribution < -0.4 is 5.43 Å². The largest absolute Gasteiger partial charge is 0.361 e. The van der Waals surface area contributed by atoms with Crippen molar-refractivity contribution in [2.75, 3.05) is 0 Å². The number of pyridine rings is 1. The molecule has 2 heterocycles. The van der Waals surface area contributed by atoms with Crippen molar-refractivity contribution in [3.05, 3.63) is 64.7 Å². The maximum Gasteiger partial charge on any atom is 0.181 e. The third kappa shape index (κ3) is 2.02. The summed E-state index contributed by atoms with van der Waals surface area (Å²) in [6, 6.07) is 11.2. The molecular formula is C15H11N3O. The first kappa shape index (κ1) is 11.3. The second-order valence-corrected chi connectivity index (χ2v) is 4.32. The van der Waals surface area contributed by atoms with Crippen molar-refractivity contribution in [3.8, 4) is 11.8 Å². The third-order valence-corrected chi connectivity index (χ3v) is 3.12. The lowest BCUT2D eigenvalue weighted by Gasteiger charge is -2.06. The normalized spacial score (nSPS) is 10.5. The van der Waals surface area contributed by atoms with Crippen LogP contribution >= 0.6 is 0 Å². The highest BCUT2D eigenvalue weighted by Gasteiger charge is 2.04. The summed E-state index contributed by atoms with van der Waals surface area (Å²) in [4.78, 5) is 14.3. The van der Waals surface area contributed by atoms with E-state index in [1.54, 1.807) is 12.4 Å². The fourth-order valence-corrected chi connectivity index (χ4v) is 2.14. The zero-order chi connectivity index (χ0) is 13.2. The van der Waals surface area contributed by atoms with Crippen LogP contribution in [-0.4, -0.2) is 9.55 Å². The first-order valence-electron chi connectivity index (χ1n) is 5.93. The summed E-state index contributed by atoms with van der Waals surface area (Å²) in [6.07, 6.45) is 5.72. The van der Waals surface area contributed by atoms with Crippen molar-refractivity contribution in [3.63, 3.8) is 0 Å². The molecule has 0 spiro atoms. The molecule has 0 unspecified atom stereocenters. The van der Waals surface area contributed by atoms with Gasteiger partial charge in [-0.1, -0.05) is 0 Å². The highest BCUT2D eigenvalue weighted by molar-refractivity contribution is 5.85. The van der Waals surface area contributed by atoms with E-state index in [9.17, 15) is 4.79 Å². The number of aromatic nitrogens is 2. The van der Waals surface area contributed by atoms with E-state index in [2.05, 4.69) is 11.1 Å². The molecule has 4 heteroatoms. The molecule has 1 N–H and O–H groups in total. The molecule has 3 aromatic rings. The van der Waals surface area contributed by atoms with Crippen molar-refractivity contribution in [1.82, 2.24) is 9.55 Å². The van der Waals surface area contributed by atoms with Crippen LogP contribution in [0.1, 0.15) is 5.56 Å². The molecule has 4 nitrogen and oxygen atoms in total.